The average Bonchev–Trinajstić information content (AvgIpc) is 3.60. The summed E-state index contributed by atoms with van der Waals surface area (Å²) in [5, 5.41) is 5.40. The third kappa shape index (κ3) is 9.64. The summed E-state index contributed by atoms with van der Waals surface area (Å²) in [5.41, 5.74) is -0.738. The van der Waals surface area contributed by atoms with Crippen LogP contribution < -0.4 is 31.3 Å². The van der Waals surface area contributed by atoms with Gasteiger partial charge in [0.15, 0.2) is 0 Å². The minimum absolute atomic E-state index is 0.00274. The molecule has 0 spiro atoms. The molecule has 4 N–H and O–H groups in total. The molecule has 0 unspecified atom stereocenters. The summed E-state index contributed by atoms with van der Waals surface area (Å²) in [6, 6.07) is 19.3. The van der Waals surface area contributed by atoms with Gasteiger partial charge < -0.3 is 30.4 Å². The Bertz CT molecular complexity index is 2790. The van der Waals surface area contributed by atoms with Crippen LogP contribution >= 0.6 is 0 Å². The molecule has 6 aromatic rings. The number of aryl methyl sites for hydroxylation is 1. The summed E-state index contributed by atoms with van der Waals surface area (Å²) in [5.74, 6) is -1.65. The molecule has 4 heterocycles. The van der Waals surface area contributed by atoms with E-state index >= 15 is 0 Å². The van der Waals surface area contributed by atoms with Crippen LogP contribution in [-0.4, -0.2) is 48.0 Å². The van der Waals surface area contributed by atoms with Crippen molar-refractivity contribution < 1.29 is 35.9 Å². The van der Waals surface area contributed by atoms with Crippen molar-refractivity contribution in [2.24, 2.45) is 5.41 Å². The summed E-state index contributed by atoms with van der Waals surface area (Å²) >= 11 is 0. The van der Waals surface area contributed by atoms with Crippen LogP contribution in [-0.2, 0) is 12.4 Å². The highest BCUT2D eigenvalue weighted by molar-refractivity contribution is 6.07. The smallest absolute Gasteiger partial charge is 0.371 e. The Kier molecular flexibility index (Phi) is 12.0. The van der Waals surface area contributed by atoms with Crippen molar-refractivity contribution in [3.63, 3.8) is 0 Å². The Hall–Kier alpha value is -6.58. The first kappa shape index (κ1) is 43.5. The van der Waals surface area contributed by atoms with Gasteiger partial charge in [0, 0.05) is 77.4 Å². The predicted molar refractivity (Wildman–Crippen MR) is 229 cm³/mol. The number of aromatic amines is 2. The number of anilines is 4. The molecular weight excluding hydrogens is 815 g/mol. The van der Waals surface area contributed by atoms with E-state index in [4.69, 9.17) is 0 Å². The molecule has 8 rings (SSSR count). The Morgan fingerprint density at radius 3 is 1.95 bits per heavy atom. The van der Waals surface area contributed by atoms with E-state index in [0.717, 1.165) is 49.4 Å². The summed E-state index contributed by atoms with van der Waals surface area (Å²) in [6.45, 7) is 8.62. The van der Waals surface area contributed by atoms with Crippen LogP contribution in [0.1, 0.15) is 76.9 Å². The zero-order valence-corrected chi connectivity index (χ0v) is 34.1. The lowest BCUT2D eigenvalue weighted by Crippen LogP contribution is -2.30. The van der Waals surface area contributed by atoms with Gasteiger partial charge in [-0.3, -0.25) is 19.2 Å². The van der Waals surface area contributed by atoms with Gasteiger partial charge in [-0.2, -0.15) is 26.3 Å². The number of rotatable bonds is 6. The fourth-order valence-corrected chi connectivity index (χ4v) is 7.81. The second kappa shape index (κ2) is 17.1. The van der Waals surface area contributed by atoms with Gasteiger partial charge in [-0.25, -0.2) is 0 Å². The third-order valence-electron chi connectivity index (χ3n) is 11.1. The topological polar surface area (TPSA) is 130 Å². The van der Waals surface area contributed by atoms with Gasteiger partial charge in [-0.1, -0.05) is 37.6 Å². The fraction of sp³-hybridized carbons (Fsp3) is 0.304. The number of halogens is 6. The molecule has 2 aromatic heterocycles. The molecular formula is C46H44F6N6O4. The second-order valence-corrected chi connectivity index (χ2v) is 16.4. The van der Waals surface area contributed by atoms with E-state index in [9.17, 15) is 45.5 Å². The zero-order chi connectivity index (χ0) is 44.6. The average molecular weight is 859 g/mol. The molecule has 0 atom stereocenters. The number of hydrogen-bond donors (Lipinski definition) is 4. The number of benzene rings is 4. The molecule has 2 saturated heterocycles. The van der Waals surface area contributed by atoms with Gasteiger partial charge in [0.25, 0.3) is 11.8 Å². The summed E-state index contributed by atoms with van der Waals surface area (Å²) < 4.78 is 81.7. The highest BCUT2D eigenvalue weighted by atomic mass is 19.4. The summed E-state index contributed by atoms with van der Waals surface area (Å²) in [4.78, 5) is 60.4. The highest BCUT2D eigenvalue weighted by Crippen LogP contribution is 2.40. The molecule has 0 saturated carbocycles. The molecule has 4 aromatic carbocycles. The van der Waals surface area contributed by atoms with Crippen molar-refractivity contribution >= 4 is 56.4 Å². The number of piperidine rings is 1. The minimum Gasteiger partial charge on any atom is -0.371 e. The molecule has 2 amide bonds. The third-order valence-corrected chi connectivity index (χ3v) is 11.1. The molecule has 10 nitrogen and oxygen atoms in total. The first-order valence-corrected chi connectivity index (χ1v) is 20.1. The van der Waals surface area contributed by atoms with Crippen molar-refractivity contribution in [3.05, 3.63) is 140 Å². The van der Waals surface area contributed by atoms with E-state index in [-0.39, 0.29) is 27.9 Å². The zero-order valence-electron chi connectivity index (χ0n) is 34.1. The molecule has 16 heteroatoms. The number of para-hydroxylation sites is 1. The van der Waals surface area contributed by atoms with Crippen molar-refractivity contribution in [2.75, 3.05) is 46.6 Å². The fourth-order valence-electron chi connectivity index (χ4n) is 7.81. The van der Waals surface area contributed by atoms with Crippen LogP contribution in [0.4, 0.5) is 49.1 Å². The molecule has 62 heavy (non-hydrogen) atoms. The number of fused-ring (bicyclic) bond motifs is 2. The number of nitrogens with one attached hydrogen (secondary N) is 4. The number of hydrogen-bond acceptors (Lipinski definition) is 6. The number of H-pyrrole nitrogens is 2. The molecule has 2 aliphatic heterocycles. The Morgan fingerprint density at radius 1 is 0.661 bits per heavy atom. The number of carbonyl (C=O) groups is 2. The van der Waals surface area contributed by atoms with Gasteiger partial charge in [0.1, 0.15) is 11.1 Å². The van der Waals surface area contributed by atoms with Gasteiger partial charge in [0.05, 0.1) is 16.8 Å². The van der Waals surface area contributed by atoms with E-state index in [1.54, 1.807) is 42.5 Å². The van der Waals surface area contributed by atoms with Crippen LogP contribution in [0.25, 0.3) is 21.8 Å². The van der Waals surface area contributed by atoms with Crippen molar-refractivity contribution in [1.82, 2.24) is 9.97 Å². The van der Waals surface area contributed by atoms with E-state index in [1.807, 2.05) is 22.8 Å². The van der Waals surface area contributed by atoms with E-state index in [1.165, 1.54) is 24.5 Å². The Balaban J connectivity index is 0.000000187. The highest BCUT2D eigenvalue weighted by Gasteiger charge is 2.37. The maximum Gasteiger partial charge on any atom is 0.418 e. The van der Waals surface area contributed by atoms with Crippen LogP contribution in [0, 0.1) is 12.3 Å². The Labute approximate surface area is 351 Å². The lowest BCUT2D eigenvalue weighted by atomic mass is 9.93. The number of alkyl halides is 6. The minimum atomic E-state index is -4.67. The molecule has 2 aliphatic rings. The van der Waals surface area contributed by atoms with Crippen LogP contribution in [0.5, 0.6) is 0 Å². The number of pyridine rings is 2. The molecule has 0 bridgehead atoms. The van der Waals surface area contributed by atoms with E-state index in [2.05, 4.69) is 34.4 Å². The quantitative estimate of drug-likeness (QED) is 0.123. The number of nitrogens with zero attached hydrogens (tertiary/aromatic N) is 2. The van der Waals surface area contributed by atoms with Crippen LogP contribution in [0.15, 0.2) is 101 Å². The summed E-state index contributed by atoms with van der Waals surface area (Å²) in [6.07, 6.45) is -2.97. The van der Waals surface area contributed by atoms with Gasteiger partial charge in [-0.05, 0) is 98.7 Å². The lowest BCUT2D eigenvalue weighted by Gasteiger charge is -2.29. The monoisotopic (exact) mass is 858 g/mol. The predicted octanol–water partition coefficient (Wildman–Crippen LogP) is 10.1. The van der Waals surface area contributed by atoms with Gasteiger partial charge in [-0.15, -0.1) is 0 Å². The lowest BCUT2D eigenvalue weighted by molar-refractivity contribution is -0.138. The first-order chi connectivity index (χ1) is 29.3. The largest absolute Gasteiger partial charge is 0.418 e. The number of amides is 2. The molecule has 0 aliphatic carbocycles. The van der Waals surface area contributed by atoms with Crippen LogP contribution in [0.3, 0.4) is 0 Å². The van der Waals surface area contributed by atoms with Crippen molar-refractivity contribution in [3.8, 4) is 0 Å². The Morgan fingerprint density at radius 2 is 1.31 bits per heavy atom. The van der Waals surface area contributed by atoms with Gasteiger partial charge in [0.2, 0.25) is 10.9 Å². The molecule has 324 valence electrons. The number of aromatic nitrogens is 2. The van der Waals surface area contributed by atoms with Crippen molar-refractivity contribution in [1.29, 1.82) is 0 Å². The van der Waals surface area contributed by atoms with Crippen molar-refractivity contribution in [2.45, 2.75) is 58.8 Å². The SMILES string of the molecule is Cc1ccc2[nH]cc(C(=O)Nc3ccc(N4CCC(C)(C)C4)cc3C(F)(F)F)c(=O)c2c1.O=C(Nc1cc(N2CCCCC2)cc(C(F)(F)F)c1)c1c[nH]c2ccccc2c1=O. The second-order valence-electron chi connectivity index (χ2n) is 16.4. The molecule has 0 radical (unpaired) electrons. The first-order valence-electron chi connectivity index (χ1n) is 20.1. The summed E-state index contributed by atoms with van der Waals surface area (Å²) in [7, 11) is 0. The standard InChI is InChI=1S/C24H24F3N3O2.C22H20F3N3O2/c1-14-4-6-19-16(10-14)21(31)17(12-28-19)22(32)29-20-7-5-15(11-18(20)24(25,26)27)30-9-8-23(2,3)13-30;23-22(24,25)14-10-15(12-16(11-14)28-8-4-1-5-9-28)27-21(30)18-13-26-19-7-3-2-6-17(19)20(18)29/h4-7,10-12H,8-9,13H2,1-3H3,(H,28,31)(H,29,32);2-3,6-7,10-13H,1,4-5,8-9H2,(H,26,29)(H,27,30). The maximum atomic E-state index is 13.8. The number of carbonyl (C=O) groups excluding carboxylic acids is 2. The molecule has 2 fully saturated rings. The van der Waals surface area contributed by atoms with E-state index < -0.39 is 46.2 Å². The normalized spacial score (nSPS) is 15.3. The van der Waals surface area contributed by atoms with Gasteiger partial charge >= 0.3 is 12.4 Å². The van der Waals surface area contributed by atoms with E-state index in [0.29, 0.717) is 59.4 Å². The van der Waals surface area contributed by atoms with Crippen LogP contribution in [0.2, 0.25) is 0 Å². The maximum absolute atomic E-state index is 13.8.